The Morgan fingerprint density at radius 2 is 1.67 bits per heavy atom. The van der Waals surface area contributed by atoms with E-state index in [2.05, 4.69) is 7.05 Å². The fourth-order valence-corrected chi connectivity index (χ4v) is 4.44. The van der Waals surface area contributed by atoms with E-state index < -0.39 is 15.8 Å². The summed E-state index contributed by atoms with van der Waals surface area (Å²) in [5.74, 6) is -0.726. The maximum Gasteiger partial charge on any atom is 0.264 e. The third kappa shape index (κ3) is 4.45. The van der Waals surface area contributed by atoms with E-state index in [0.717, 1.165) is 17.4 Å². The van der Waals surface area contributed by atoms with Gasteiger partial charge in [0.2, 0.25) is 5.91 Å². The molecule has 0 bridgehead atoms. The van der Waals surface area contributed by atoms with Crippen molar-refractivity contribution >= 4 is 21.6 Å². The van der Waals surface area contributed by atoms with Gasteiger partial charge in [0, 0.05) is 0 Å². The van der Waals surface area contributed by atoms with Gasteiger partial charge in [-0.05, 0) is 36.4 Å². The molecule has 1 heterocycles. The fourth-order valence-electron chi connectivity index (χ4n) is 3.00. The van der Waals surface area contributed by atoms with Crippen LogP contribution in [0, 0.1) is 5.82 Å². The van der Waals surface area contributed by atoms with Gasteiger partial charge in [0.15, 0.2) is 0 Å². The second kappa shape index (κ2) is 8.06. The van der Waals surface area contributed by atoms with Crippen LogP contribution in [-0.4, -0.2) is 59.0 Å². The van der Waals surface area contributed by atoms with E-state index in [-0.39, 0.29) is 23.0 Å². The summed E-state index contributed by atoms with van der Waals surface area (Å²) >= 11 is 0. The van der Waals surface area contributed by atoms with Gasteiger partial charge < -0.3 is 9.80 Å². The molecular formula is C19H23FN3O3S+. The molecule has 0 aliphatic carbocycles. The van der Waals surface area contributed by atoms with Crippen LogP contribution in [0.5, 0.6) is 0 Å². The van der Waals surface area contributed by atoms with Crippen LogP contribution in [0.1, 0.15) is 0 Å². The Hall–Kier alpha value is -2.45. The maximum atomic E-state index is 13.3. The molecule has 1 amide bonds. The van der Waals surface area contributed by atoms with Gasteiger partial charge in [-0.1, -0.05) is 18.2 Å². The number of rotatable bonds is 5. The lowest BCUT2D eigenvalue weighted by Crippen LogP contribution is -3.12. The summed E-state index contributed by atoms with van der Waals surface area (Å²) in [7, 11) is -1.89. The number of hydrogen-bond acceptors (Lipinski definition) is 3. The average Bonchev–Trinajstić information content (AvgIpc) is 2.68. The third-order valence-electron chi connectivity index (χ3n) is 4.69. The number of hydrogen-bond donors (Lipinski definition) is 1. The predicted molar refractivity (Wildman–Crippen MR) is 101 cm³/mol. The minimum absolute atomic E-state index is 0.0879. The molecule has 0 aromatic heterocycles. The minimum atomic E-state index is -3.95. The molecule has 1 aliphatic heterocycles. The van der Waals surface area contributed by atoms with Crippen LogP contribution in [0.3, 0.4) is 0 Å². The number of sulfonamides is 1. The molecule has 0 radical (unpaired) electrons. The Labute approximate surface area is 158 Å². The van der Waals surface area contributed by atoms with Crippen LogP contribution in [-0.2, 0) is 14.8 Å². The van der Waals surface area contributed by atoms with Crippen molar-refractivity contribution in [3.05, 3.63) is 60.4 Å². The van der Waals surface area contributed by atoms with Gasteiger partial charge in [-0.15, -0.1) is 0 Å². The Balaban J connectivity index is 1.91. The van der Waals surface area contributed by atoms with E-state index in [1.807, 2.05) is 0 Å². The van der Waals surface area contributed by atoms with Crippen molar-refractivity contribution in [2.24, 2.45) is 0 Å². The summed E-state index contributed by atoms with van der Waals surface area (Å²) in [5, 5.41) is 0. The lowest BCUT2D eigenvalue weighted by molar-refractivity contribution is -0.883. The first-order valence-electron chi connectivity index (χ1n) is 8.80. The fraction of sp³-hybridized carbons (Fsp3) is 0.316. The molecule has 144 valence electrons. The number of halogens is 1. The van der Waals surface area contributed by atoms with Crippen LogP contribution < -0.4 is 9.21 Å². The molecule has 1 aliphatic rings. The Bertz CT molecular complexity index is 880. The standard InChI is InChI=1S/C19H22FN3O3S/c1-21-11-13-22(14-12-21)19(24)15-23(17-9-7-16(20)8-10-17)27(25,26)18-5-3-2-4-6-18/h2-10H,11-15H2,1H3/p+1. The largest absolute Gasteiger partial charge is 0.334 e. The summed E-state index contributed by atoms with van der Waals surface area (Å²) in [6.07, 6.45) is 0. The molecule has 2 aromatic carbocycles. The monoisotopic (exact) mass is 392 g/mol. The Morgan fingerprint density at radius 3 is 2.26 bits per heavy atom. The zero-order chi connectivity index (χ0) is 19.4. The molecule has 8 heteroatoms. The molecule has 0 spiro atoms. The Morgan fingerprint density at radius 1 is 1.07 bits per heavy atom. The zero-order valence-electron chi connectivity index (χ0n) is 15.1. The number of carbonyl (C=O) groups excluding carboxylic acids is 1. The van der Waals surface area contributed by atoms with Gasteiger partial charge in [-0.3, -0.25) is 9.10 Å². The first kappa shape index (κ1) is 19.3. The second-order valence-electron chi connectivity index (χ2n) is 6.64. The van der Waals surface area contributed by atoms with Crippen molar-refractivity contribution in [3.8, 4) is 0 Å². The molecule has 1 N–H and O–H groups in total. The normalized spacial score (nSPS) is 15.6. The number of anilines is 1. The minimum Gasteiger partial charge on any atom is -0.334 e. The SMILES string of the molecule is C[NH+]1CCN(C(=O)CN(c2ccc(F)cc2)S(=O)(=O)c2ccccc2)CC1. The average molecular weight is 392 g/mol. The van der Waals surface area contributed by atoms with Crippen molar-refractivity contribution in [1.82, 2.24) is 4.90 Å². The molecule has 2 aromatic rings. The van der Waals surface area contributed by atoms with Gasteiger partial charge in [0.25, 0.3) is 10.0 Å². The van der Waals surface area contributed by atoms with E-state index >= 15 is 0 Å². The van der Waals surface area contributed by atoms with Crippen molar-refractivity contribution in [2.75, 3.05) is 44.1 Å². The van der Waals surface area contributed by atoms with Crippen LogP contribution in [0.2, 0.25) is 0 Å². The Kier molecular flexibility index (Phi) is 5.76. The number of amides is 1. The summed E-state index contributed by atoms with van der Waals surface area (Å²) in [4.78, 5) is 15.9. The van der Waals surface area contributed by atoms with Crippen molar-refractivity contribution in [1.29, 1.82) is 0 Å². The number of likely N-dealkylation sites (N-methyl/N-ethyl adjacent to an activating group) is 1. The molecule has 0 atom stereocenters. The predicted octanol–water partition coefficient (Wildman–Crippen LogP) is 0.378. The van der Waals surface area contributed by atoms with Gasteiger partial charge in [0.1, 0.15) is 12.4 Å². The van der Waals surface area contributed by atoms with Crippen molar-refractivity contribution < 1.29 is 22.5 Å². The first-order chi connectivity index (χ1) is 12.9. The van der Waals surface area contributed by atoms with E-state index in [9.17, 15) is 17.6 Å². The third-order valence-corrected chi connectivity index (χ3v) is 6.48. The number of nitrogens with one attached hydrogen (secondary N) is 1. The van der Waals surface area contributed by atoms with Gasteiger partial charge in [-0.25, -0.2) is 12.8 Å². The van der Waals surface area contributed by atoms with Crippen LogP contribution in [0.4, 0.5) is 10.1 Å². The lowest BCUT2D eigenvalue weighted by atomic mass is 10.3. The van der Waals surface area contributed by atoms with Gasteiger partial charge in [0.05, 0.1) is 43.8 Å². The lowest BCUT2D eigenvalue weighted by Gasteiger charge is -2.32. The molecule has 6 nitrogen and oxygen atoms in total. The van der Waals surface area contributed by atoms with E-state index in [0.29, 0.717) is 13.1 Å². The summed E-state index contributed by atoms with van der Waals surface area (Å²) in [6.45, 7) is 2.52. The molecular weight excluding hydrogens is 369 g/mol. The van der Waals surface area contributed by atoms with E-state index in [1.54, 1.807) is 23.1 Å². The van der Waals surface area contributed by atoms with Crippen LogP contribution >= 0.6 is 0 Å². The van der Waals surface area contributed by atoms with Crippen molar-refractivity contribution in [2.45, 2.75) is 4.90 Å². The molecule has 27 heavy (non-hydrogen) atoms. The topological polar surface area (TPSA) is 62.1 Å². The summed E-state index contributed by atoms with van der Waals surface area (Å²) in [6, 6.07) is 13.1. The second-order valence-corrected chi connectivity index (χ2v) is 8.50. The first-order valence-corrected chi connectivity index (χ1v) is 10.2. The zero-order valence-corrected chi connectivity index (χ0v) is 16.0. The maximum absolute atomic E-state index is 13.3. The van der Waals surface area contributed by atoms with Gasteiger partial charge >= 0.3 is 0 Å². The summed E-state index contributed by atoms with van der Waals surface area (Å²) < 4.78 is 40.7. The number of carbonyl (C=O) groups is 1. The number of nitrogens with zero attached hydrogens (tertiary/aromatic N) is 2. The van der Waals surface area contributed by atoms with Crippen molar-refractivity contribution in [3.63, 3.8) is 0 Å². The summed E-state index contributed by atoms with van der Waals surface area (Å²) in [5.41, 5.74) is 0.258. The highest BCUT2D eigenvalue weighted by Crippen LogP contribution is 2.24. The van der Waals surface area contributed by atoms with Gasteiger partial charge in [-0.2, -0.15) is 0 Å². The smallest absolute Gasteiger partial charge is 0.264 e. The number of benzene rings is 2. The van der Waals surface area contributed by atoms with Crippen LogP contribution in [0.25, 0.3) is 0 Å². The molecule has 1 saturated heterocycles. The molecule has 1 fully saturated rings. The van der Waals surface area contributed by atoms with E-state index in [4.69, 9.17) is 0 Å². The van der Waals surface area contributed by atoms with E-state index in [1.165, 1.54) is 41.3 Å². The number of piperazine rings is 1. The highest BCUT2D eigenvalue weighted by atomic mass is 32.2. The molecule has 3 rings (SSSR count). The number of quaternary nitrogens is 1. The molecule has 0 saturated carbocycles. The quantitative estimate of drug-likeness (QED) is 0.800. The highest BCUT2D eigenvalue weighted by molar-refractivity contribution is 7.92. The van der Waals surface area contributed by atoms with Crippen LogP contribution in [0.15, 0.2) is 59.5 Å². The highest BCUT2D eigenvalue weighted by Gasteiger charge is 2.30. The molecule has 0 unspecified atom stereocenters.